The summed E-state index contributed by atoms with van der Waals surface area (Å²) in [6.07, 6.45) is 2.07. The molecule has 2 heteroatoms. The third-order valence-electron chi connectivity index (χ3n) is 1.36. The van der Waals surface area contributed by atoms with E-state index in [1.807, 2.05) is 29.8 Å². The Kier molecular flexibility index (Phi) is 3.67. The van der Waals surface area contributed by atoms with Gasteiger partial charge in [-0.1, -0.05) is 0 Å². The van der Waals surface area contributed by atoms with Crippen LogP contribution in [0.3, 0.4) is 0 Å². The number of hydrogen-bond acceptors (Lipinski definition) is 1. The molecule has 0 N–H and O–H groups in total. The van der Waals surface area contributed by atoms with Crippen LogP contribution in [-0.4, -0.2) is 24.0 Å². The predicted octanol–water partition coefficient (Wildman–Crippen LogP) is 1.89. The summed E-state index contributed by atoms with van der Waals surface area (Å²) >= 11 is 3.60. The van der Waals surface area contributed by atoms with Crippen LogP contribution >= 0.6 is 11.8 Å². The molecular weight excluding hydrogens is 147 g/mol. The molecule has 0 spiro atoms. The first-order valence-electron chi connectivity index (χ1n) is 3.43. The van der Waals surface area contributed by atoms with Crippen LogP contribution in [0.15, 0.2) is 29.2 Å². The van der Waals surface area contributed by atoms with Gasteiger partial charge in [-0.25, -0.2) is 0 Å². The fourth-order valence-corrected chi connectivity index (χ4v) is 1.23. The van der Waals surface area contributed by atoms with Crippen molar-refractivity contribution in [1.82, 2.24) is 0 Å². The van der Waals surface area contributed by atoms with Gasteiger partial charge in [-0.15, -0.1) is 0 Å². The molecule has 1 rings (SSSR count). The van der Waals surface area contributed by atoms with Gasteiger partial charge in [-0.3, -0.25) is 0 Å². The molecule has 0 aliphatic rings. The van der Waals surface area contributed by atoms with Gasteiger partial charge in [0.2, 0.25) is 0 Å². The monoisotopic (exact) mass is 154 g/mol. The van der Waals surface area contributed by atoms with Crippen LogP contribution in [0.1, 0.15) is 5.56 Å². The molecule has 1 aromatic rings. The summed E-state index contributed by atoms with van der Waals surface area (Å²) in [5.41, 5.74) is 1.09. The molecule has 0 fully saturated rings. The standard InChI is InChI=1S/C9H7S.Li/c1-3-8-4-6-9(10-2)7-5-8;/h4-7H,2H3;. The first-order chi connectivity index (χ1) is 5.36. The van der Waals surface area contributed by atoms with Crippen LogP contribution in [-0.2, 0) is 0 Å². The molecule has 50 valence electrons. The van der Waals surface area contributed by atoms with Gasteiger partial charge in [0.05, 0.1) is 0 Å². The Bertz CT molecular complexity index is 279. The quantitative estimate of drug-likeness (QED) is 0.338. The predicted molar refractivity (Wildman–Crippen MR) is 50.9 cm³/mol. The molecule has 0 aliphatic heterocycles. The van der Waals surface area contributed by atoms with Crippen molar-refractivity contribution in [3.63, 3.8) is 0 Å². The molecule has 0 aliphatic carbocycles. The van der Waals surface area contributed by atoms with Crippen molar-refractivity contribution in [2.24, 2.45) is 0 Å². The number of rotatable bonds is 1. The maximum absolute atomic E-state index is 3.00. The number of hydrogen-bond donors (Lipinski definition) is 0. The number of thioether (sulfide) groups is 1. The Morgan fingerprint density at radius 3 is 2.36 bits per heavy atom. The van der Waals surface area contributed by atoms with Crippen molar-refractivity contribution in [1.29, 1.82) is 0 Å². The van der Waals surface area contributed by atoms with Crippen LogP contribution < -0.4 is 0 Å². The van der Waals surface area contributed by atoms with Crippen molar-refractivity contribution in [3.8, 4) is 10.5 Å². The van der Waals surface area contributed by atoms with Crippen molar-refractivity contribution < 1.29 is 0 Å². The van der Waals surface area contributed by atoms with E-state index in [1.165, 1.54) is 4.90 Å². The summed E-state index contributed by atoms with van der Waals surface area (Å²) in [6, 6.07) is 8.26. The molecule has 0 bridgehead atoms. The third-order valence-corrected chi connectivity index (χ3v) is 2.10. The summed E-state index contributed by atoms with van der Waals surface area (Å²) in [5, 5.41) is 0. The van der Waals surface area contributed by atoms with E-state index in [2.05, 4.69) is 28.9 Å². The van der Waals surface area contributed by atoms with E-state index >= 15 is 0 Å². The van der Waals surface area contributed by atoms with Gasteiger partial charge in [0.25, 0.3) is 0 Å². The Balaban J connectivity index is 2.88. The first kappa shape index (κ1) is 8.82. The summed E-state index contributed by atoms with van der Waals surface area (Å²) in [4.78, 5) is 1.28. The van der Waals surface area contributed by atoms with Gasteiger partial charge in [0.1, 0.15) is 0 Å². The van der Waals surface area contributed by atoms with Gasteiger partial charge in [0, 0.05) is 0 Å². The second-order valence-corrected chi connectivity index (χ2v) is 2.98. The third kappa shape index (κ3) is 2.68. The van der Waals surface area contributed by atoms with Gasteiger partial charge >= 0.3 is 81.0 Å². The minimum atomic E-state index is 1.09. The molecule has 0 nitrogen and oxygen atoms in total. The Morgan fingerprint density at radius 1 is 1.27 bits per heavy atom. The van der Waals surface area contributed by atoms with E-state index in [1.54, 1.807) is 11.8 Å². The molecule has 0 unspecified atom stereocenters. The van der Waals surface area contributed by atoms with Crippen LogP contribution in [0.2, 0.25) is 0 Å². The Hall–Kier alpha value is -0.273. The second kappa shape index (κ2) is 4.57. The molecule has 0 aromatic heterocycles. The number of benzene rings is 1. The van der Waals surface area contributed by atoms with E-state index < -0.39 is 0 Å². The molecule has 0 saturated heterocycles. The van der Waals surface area contributed by atoms with Crippen LogP contribution in [0, 0.1) is 10.5 Å². The average molecular weight is 154 g/mol. The Labute approximate surface area is 81.0 Å². The van der Waals surface area contributed by atoms with Crippen LogP contribution in [0.25, 0.3) is 0 Å². The maximum atomic E-state index is 3.00. The van der Waals surface area contributed by atoms with Crippen molar-refractivity contribution >= 4 is 29.5 Å². The summed E-state index contributed by atoms with van der Waals surface area (Å²) in [6.45, 7) is 0. The average Bonchev–Trinajstić information content (AvgIpc) is 2.07. The summed E-state index contributed by atoms with van der Waals surface area (Å²) in [5.74, 6) is 3.00. The van der Waals surface area contributed by atoms with Gasteiger partial charge in [0.15, 0.2) is 0 Å². The summed E-state index contributed by atoms with van der Waals surface area (Å²) in [7, 11) is 0. The summed E-state index contributed by atoms with van der Waals surface area (Å²) < 4.78 is 2.86. The zero-order chi connectivity index (χ0) is 8.10. The normalized spacial score (nSPS) is 8.64. The molecular formula is C9H7LiS. The van der Waals surface area contributed by atoms with Crippen molar-refractivity contribution in [2.45, 2.75) is 4.90 Å². The Morgan fingerprint density at radius 2 is 1.91 bits per heavy atom. The minimum absolute atomic E-state index is 1.09. The SMILES string of the molecule is [Li][C]#Cc1ccc(SC)cc1. The van der Waals surface area contributed by atoms with Crippen molar-refractivity contribution in [3.05, 3.63) is 29.8 Å². The van der Waals surface area contributed by atoms with Crippen LogP contribution in [0.5, 0.6) is 0 Å². The zero-order valence-electron chi connectivity index (χ0n) is 6.72. The fraction of sp³-hybridized carbons (Fsp3) is 0.111. The zero-order valence-corrected chi connectivity index (χ0v) is 7.53. The van der Waals surface area contributed by atoms with E-state index in [4.69, 9.17) is 0 Å². The van der Waals surface area contributed by atoms with Crippen LogP contribution in [0.4, 0.5) is 0 Å². The fourth-order valence-electron chi connectivity index (χ4n) is 0.819. The van der Waals surface area contributed by atoms with E-state index in [-0.39, 0.29) is 0 Å². The molecule has 0 radical (unpaired) electrons. The molecule has 0 atom stereocenters. The molecule has 1 aromatic carbocycles. The van der Waals surface area contributed by atoms with Gasteiger partial charge in [-0.2, -0.15) is 0 Å². The van der Waals surface area contributed by atoms with E-state index in [0.717, 1.165) is 5.56 Å². The topological polar surface area (TPSA) is 0 Å². The van der Waals surface area contributed by atoms with Gasteiger partial charge < -0.3 is 0 Å². The molecule has 0 amide bonds. The second-order valence-electron chi connectivity index (χ2n) is 2.10. The van der Waals surface area contributed by atoms with E-state index in [9.17, 15) is 0 Å². The first-order valence-corrected chi connectivity index (χ1v) is 4.66. The van der Waals surface area contributed by atoms with E-state index in [0.29, 0.717) is 0 Å². The molecule has 11 heavy (non-hydrogen) atoms. The van der Waals surface area contributed by atoms with Crippen molar-refractivity contribution in [2.75, 3.05) is 6.26 Å². The van der Waals surface area contributed by atoms with Gasteiger partial charge in [-0.05, 0) is 0 Å². The molecule has 0 saturated carbocycles. The molecule has 0 heterocycles.